The molecule has 0 saturated carbocycles. The van der Waals surface area contributed by atoms with E-state index in [2.05, 4.69) is 33.7 Å². The van der Waals surface area contributed by atoms with E-state index in [-0.39, 0.29) is 11.8 Å². The minimum absolute atomic E-state index is 0.193. The van der Waals surface area contributed by atoms with E-state index in [1.165, 1.54) is 22.9 Å². The zero-order chi connectivity index (χ0) is 19.5. The van der Waals surface area contributed by atoms with Crippen LogP contribution in [-0.4, -0.2) is 28.6 Å². The summed E-state index contributed by atoms with van der Waals surface area (Å²) in [6.07, 6.45) is 1.22. The van der Waals surface area contributed by atoms with Gasteiger partial charge in [-0.1, -0.05) is 30.3 Å². The van der Waals surface area contributed by atoms with E-state index in [1.807, 2.05) is 19.1 Å². The van der Waals surface area contributed by atoms with Gasteiger partial charge < -0.3 is 9.30 Å². The topological polar surface area (TPSA) is 34.5 Å². The summed E-state index contributed by atoms with van der Waals surface area (Å²) in [6.45, 7) is 5.38. The Labute approximate surface area is 164 Å². The van der Waals surface area contributed by atoms with Crippen molar-refractivity contribution in [3.63, 3.8) is 0 Å². The highest BCUT2D eigenvalue weighted by Gasteiger charge is 2.24. The third-order valence-corrected chi connectivity index (χ3v) is 5.39. The fourth-order valence-electron chi connectivity index (χ4n) is 4.15. The number of esters is 1. The summed E-state index contributed by atoms with van der Waals surface area (Å²) in [5.74, 6) is -0.417. The molecule has 0 atom stereocenters. The number of hydrogen-bond donors (Lipinski definition) is 0. The highest BCUT2D eigenvalue weighted by Crippen LogP contribution is 2.32. The third-order valence-electron chi connectivity index (χ3n) is 5.39. The van der Waals surface area contributed by atoms with Crippen molar-refractivity contribution in [2.24, 2.45) is 0 Å². The number of carbonyl (C=O) groups is 1. The van der Waals surface area contributed by atoms with Crippen LogP contribution in [0, 0.1) is 5.82 Å². The number of carbonyl (C=O) groups excluding carboxylic acids is 1. The molecule has 0 fully saturated rings. The van der Waals surface area contributed by atoms with E-state index < -0.39 is 0 Å². The Morgan fingerprint density at radius 2 is 2.00 bits per heavy atom. The molecule has 0 bridgehead atoms. The van der Waals surface area contributed by atoms with Crippen molar-refractivity contribution in [3.05, 3.63) is 71.2 Å². The first kappa shape index (κ1) is 18.7. The molecule has 0 radical (unpaired) electrons. The zero-order valence-electron chi connectivity index (χ0n) is 16.2. The minimum atomic E-state index is -0.224. The van der Waals surface area contributed by atoms with Crippen LogP contribution >= 0.6 is 0 Å². The molecule has 28 heavy (non-hydrogen) atoms. The van der Waals surface area contributed by atoms with Crippen molar-refractivity contribution >= 4 is 16.9 Å². The number of fused-ring (bicyclic) bond motifs is 3. The molecule has 0 saturated heterocycles. The van der Waals surface area contributed by atoms with Crippen molar-refractivity contribution in [3.8, 4) is 0 Å². The molecule has 2 aromatic carbocycles. The van der Waals surface area contributed by atoms with Gasteiger partial charge in [-0.3, -0.25) is 9.69 Å². The van der Waals surface area contributed by atoms with Crippen LogP contribution in [0.25, 0.3) is 10.9 Å². The van der Waals surface area contributed by atoms with Crippen LogP contribution in [0.1, 0.15) is 30.2 Å². The molecule has 146 valence electrons. The average Bonchev–Trinajstić information content (AvgIpc) is 3.00. The normalized spacial score (nSPS) is 14.2. The molecule has 0 spiro atoms. The second-order valence-corrected chi connectivity index (χ2v) is 7.24. The molecule has 0 unspecified atom stereocenters. The van der Waals surface area contributed by atoms with E-state index in [1.54, 1.807) is 6.07 Å². The Morgan fingerprint density at radius 1 is 1.18 bits per heavy atom. The third kappa shape index (κ3) is 3.80. The van der Waals surface area contributed by atoms with Crippen LogP contribution in [0.2, 0.25) is 0 Å². The van der Waals surface area contributed by atoms with Gasteiger partial charge in [0.25, 0.3) is 0 Å². The van der Waals surface area contributed by atoms with Gasteiger partial charge in [0.15, 0.2) is 0 Å². The molecule has 1 aliphatic heterocycles. The predicted molar refractivity (Wildman–Crippen MR) is 107 cm³/mol. The maximum Gasteiger partial charge on any atom is 0.307 e. The van der Waals surface area contributed by atoms with Crippen molar-refractivity contribution in [1.82, 2.24) is 9.47 Å². The van der Waals surface area contributed by atoms with Crippen LogP contribution in [0.15, 0.2) is 48.5 Å². The first-order chi connectivity index (χ1) is 13.7. The van der Waals surface area contributed by atoms with Gasteiger partial charge >= 0.3 is 5.97 Å². The number of halogens is 1. The summed E-state index contributed by atoms with van der Waals surface area (Å²) >= 11 is 0. The minimum Gasteiger partial charge on any atom is -0.466 e. The largest absolute Gasteiger partial charge is 0.466 e. The molecule has 0 N–H and O–H groups in total. The van der Waals surface area contributed by atoms with Crippen molar-refractivity contribution in [2.75, 3.05) is 13.2 Å². The van der Waals surface area contributed by atoms with E-state index in [0.29, 0.717) is 19.6 Å². The van der Waals surface area contributed by atoms with Crippen molar-refractivity contribution in [2.45, 2.75) is 39.4 Å². The Bertz CT molecular complexity index is 981. The average molecular weight is 380 g/mol. The predicted octanol–water partition coefficient (Wildman–Crippen LogP) is 4.29. The Kier molecular flexibility index (Phi) is 5.44. The van der Waals surface area contributed by atoms with Gasteiger partial charge in [0, 0.05) is 49.2 Å². The quantitative estimate of drug-likeness (QED) is 0.598. The number of hydrogen-bond acceptors (Lipinski definition) is 3. The van der Waals surface area contributed by atoms with Gasteiger partial charge in [-0.05, 0) is 36.2 Å². The summed E-state index contributed by atoms with van der Waals surface area (Å²) in [7, 11) is 0. The summed E-state index contributed by atoms with van der Waals surface area (Å²) in [5.41, 5.74) is 4.68. The van der Waals surface area contributed by atoms with E-state index in [0.717, 1.165) is 37.0 Å². The second-order valence-electron chi connectivity index (χ2n) is 7.24. The Hall–Kier alpha value is -2.66. The molecule has 3 aromatic rings. The van der Waals surface area contributed by atoms with Gasteiger partial charge in [-0.15, -0.1) is 0 Å². The highest BCUT2D eigenvalue weighted by atomic mass is 19.1. The number of aromatic nitrogens is 1. The van der Waals surface area contributed by atoms with Gasteiger partial charge in [-0.2, -0.15) is 0 Å². The molecule has 4 rings (SSSR count). The van der Waals surface area contributed by atoms with Crippen molar-refractivity contribution in [1.29, 1.82) is 0 Å². The number of nitrogens with zero attached hydrogens (tertiary/aromatic N) is 2. The summed E-state index contributed by atoms with van der Waals surface area (Å²) in [5, 5.41) is 0.955. The van der Waals surface area contributed by atoms with E-state index in [9.17, 15) is 9.18 Å². The van der Waals surface area contributed by atoms with Crippen LogP contribution in [0.5, 0.6) is 0 Å². The van der Waals surface area contributed by atoms with Crippen LogP contribution in [-0.2, 0) is 35.6 Å². The van der Waals surface area contributed by atoms with Crippen LogP contribution in [0.4, 0.5) is 4.39 Å². The lowest BCUT2D eigenvalue weighted by Crippen LogP contribution is -2.30. The van der Waals surface area contributed by atoms with Crippen LogP contribution < -0.4 is 0 Å². The number of benzene rings is 2. The lowest BCUT2D eigenvalue weighted by Gasteiger charge is -2.28. The number of rotatable bonds is 6. The summed E-state index contributed by atoms with van der Waals surface area (Å²) in [6, 6.07) is 15.4. The Balaban J connectivity index is 1.63. The van der Waals surface area contributed by atoms with Gasteiger partial charge in [0.1, 0.15) is 5.82 Å². The molecule has 0 amide bonds. The van der Waals surface area contributed by atoms with Gasteiger partial charge in [0.2, 0.25) is 0 Å². The summed E-state index contributed by atoms with van der Waals surface area (Å²) < 4.78 is 21.2. The molecule has 1 aromatic heterocycles. The molecule has 2 heterocycles. The molecule has 0 aliphatic carbocycles. The zero-order valence-corrected chi connectivity index (χ0v) is 16.2. The molecule has 5 heteroatoms. The van der Waals surface area contributed by atoms with Gasteiger partial charge in [0.05, 0.1) is 13.0 Å². The van der Waals surface area contributed by atoms with E-state index in [4.69, 9.17) is 4.74 Å². The molecular weight excluding hydrogens is 355 g/mol. The maximum absolute atomic E-state index is 14.0. The highest BCUT2D eigenvalue weighted by molar-refractivity contribution is 5.86. The number of aryl methyl sites for hydroxylation is 1. The van der Waals surface area contributed by atoms with E-state index >= 15 is 0 Å². The molecule has 1 aliphatic rings. The second kappa shape index (κ2) is 8.15. The van der Waals surface area contributed by atoms with Crippen molar-refractivity contribution < 1.29 is 13.9 Å². The summed E-state index contributed by atoms with van der Waals surface area (Å²) in [4.78, 5) is 14.2. The standard InChI is InChI=1S/C23H25FN2O2/c1-2-28-23(27)11-13-26-21-9-8-18(24)14-19(21)20-16-25(12-10-22(20)26)15-17-6-4-3-5-7-17/h3-9,14H,2,10-13,15-16H2,1H3. The fourth-order valence-corrected chi connectivity index (χ4v) is 4.15. The molecule has 4 nitrogen and oxygen atoms in total. The SMILES string of the molecule is CCOC(=O)CCn1c2c(c3cc(F)ccc31)CN(Cc1ccccc1)CC2. The maximum atomic E-state index is 14.0. The molecular formula is C23H25FN2O2. The Morgan fingerprint density at radius 3 is 2.79 bits per heavy atom. The monoisotopic (exact) mass is 380 g/mol. The first-order valence-electron chi connectivity index (χ1n) is 9.87. The lowest BCUT2D eigenvalue weighted by atomic mass is 10.0. The smallest absolute Gasteiger partial charge is 0.307 e. The first-order valence-corrected chi connectivity index (χ1v) is 9.87. The number of ether oxygens (including phenoxy) is 1. The lowest BCUT2D eigenvalue weighted by molar-refractivity contribution is -0.143. The van der Waals surface area contributed by atoms with Crippen LogP contribution in [0.3, 0.4) is 0 Å². The fraction of sp³-hybridized carbons (Fsp3) is 0.348. The van der Waals surface area contributed by atoms with Gasteiger partial charge in [-0.25, -0.2) is 4.39 Å².